The van der Waals surface area contributed by atoms with Crippen molar-refractivity contribution in [1.29, 1.82) is 0 Å². The van der Waals surface area contributed by atoms with Gasteiger partial charge in [-0.2, -0.15) is 0 Å². The van der Waals surface area contributed by atoms with Gasteiger partial charge in [-0.3, -0.25) is 4.90 Å². The van der Waals surface area contributed by atoms with Gasteiger partial charge in [-0.05, 0) is 44.8 Å². The Morgan fingerprint density at radius 3 is 2.63 bits per heavy atom. The Morgan fingerprint density at radius 1 is 1.11 bits per heavy atom. The number of hydrogen-bond donors (Lipinski definition) is 1. The van der Waals surface area contributed by atoms with E-state index >= 15 is 0 Å². The fraction of sp³-hybridized carbons (Fsp3) is 1.00. The third-order valence-corrected chi connectivity index (χ3v) is 4.23. The molecule has 0 saturated carbocycles. The lowest BCUT2D eigenvalue weighted by Crippen LogP contribution is -2.46. The lowest BCUT2D eigenvalue weighted by Gasteiger charge is -2.36. The zero-order valence-corrected chi connectivity index (χ0v) is 13.6. The quantitative estimate of drug-likeness (QED) is 0.601. The zero-order chi connectivity index (χ0) is 13.9. The monoisotopic (exact) mass is 268 g/mol. The van der Waals surface area contributed by atoms with Gasteiger partial charge in [-0.25, -0.2) is 0 Å². The Balaban J connectivity index is 2.16. The normalized spacial score (nSPS) is 21.2. The van der Waals surface area contributed by atoms with Crippen molar-refractivity contribution in [3.63, 3.8) is 0 Å². The van der Waals surface area contributed by atoms with E-state index in [1.165, 1.54) is 77.5 Å². The first-order valence-corrected chi connectivity index (χ1v) is 8.68. The Bertz CT molecular complexity index is 203. The summed E-state index contributed by atoms with van der Waals surface area (Å²) in [6, 6.07) is 0.804. The van der Waals surface area contributed by atoms with Gasteiger partial charge in [0, 0.05) is 12.6 Å². The van der Waals surface area contributed by atoms with Crippen molar-refractivity contribution in [3.8, 4) is 0 Å². The summed E-state index contributed by atoms with van der Waals surface area (Å²) in [5, 5.41) is 3.65. The molecule has 0 radical (unpaired) electrons. The lowest BCUT2D eigenvalue weighted by molar-refractivity contribution is 0.142. The van der Waals surface area contributed by atoms with Crippen molar-refractivity contribution in [2.24, 2.45) is 5.92 Å². The molecule has 0 amide bonds. The zero-order valence-electron chi connectivity index (χ0n) is 13.6. The molecule has 1 saturated heterocycles. The average Bonchev–Trinajstić information content (AvgIpc) is 2.40. The largest absolute Gasteiger partial charge is 0.315 e. The summed E-state index contributed by atoms with van der Waals surface area (Å²) in [6.45, 7) is 11.9. The number of rotatable bonds is 10. The maximum Gasteiger partial charge on any atom is 0.0220 e. The minimum absolute atomic E-state index is 0.770. The van der Waals surface area contributed by atoms with Crippen LogP contribution in [0.1, 0.15) is 72.1 Å². The molecule has 0 spiro atoms. The number of piperidine rings is 1. The van der Waals surface area contributed by atoms with Crippen LogP contribution < -0.4 is 5.32 Å². The van der Waals surface area contributed by atoms with Crippen LogP contribution in [0.4, 0.5) is 0 Å². The summed E-state index contributed by atoms with van der Waals surface area (Å²) in [7, 11) is 0. The van der Waals surface area contributed by atoms with E-state index in [1.54, 1.807) is 0 Å². The van der Waals surface area contributed by atoms with Crippen LogP contribution in [0.15, 0.2) is 0 Å². The van der Waals surface area contributed by atoms with Crippen molar-refractivity contribution in [2.45, 2.75) is 78.2 Å². The summed E-state index contributed by atoms with van der Waals surface area (Å²) in [5.74, 6) is 0.770. The highest BCUT2D eigenvalue weighted by molar-refractivity contribution is 4.78. The van der Waals surface area contributed by atoms with E-state index in [-0.39, 0.29) is 0 Å². The molecule has 1 N–H and O–H groups in total. The number of likely N-dealkylation sites (tertiary alicyclic amines) is 1. The third-order valence-electron chi connectivity index (χ3n) is 4.23. The molecule has 0 aromatic rings. The molecule has 1 atom stereocenters. The average molecular weight is 268 g/mol. The molecule has 1 aliphatic rings. The van der Waals surface area contributed by atoms with Gasteiger partial charge >= 0.3 is 0 Å². The van der Waals surface area contributed by atoms with E-state index in [1.807, 2.05) is 0 Å². The Morgan fingerprint density at radius 2 is 1.89 bits per heavy atom. The summed E-state index contributed by atoms with van der Waals surface area (Å²) in [5.41, 5.74) is 0. The van der Waals surface area contributed by atoms with Crippen molar-refractivity contribution in [1.82, 2.24) is 10.2 Å². The van der Waals surface area contributed by atoms with Gasteiger partial charge in [-0.15, -0.1) is 0 Å². The highest BCUT2D eigenvalue weighted by Crippen LogP contribution is 2.17. The molecule has 0 aromatic heterocycles. The maximum atomic E-state index is 3.65. The second-order valence-electron chi connectivity index (χ2n) is 6.65. The van der Waals surface area contributed by atoms with Crippen LogP contribution in [0, 0.1) is 5.92 Å². The van der Waals surface area contributed by atoms with Crippen molar-refractivity contribution < 1.29 is 0 Å². The van der Waals surface area contributed by atoms with E-state index in [9.17, 15) is 0 Å². The van der Waals surface area contributed by atoms with Gasteiger partial charge in [0.1, 0.15) is 0 Å². The second-order valence-corrected chi connectivity index (χ2v) is 6.65. The summed E-state index contributed by atoms with van der Waals surface area (Å²) >= 11 is 0. The van der Waals surface area contributed by atoms with Crippen LogP contribution in [0.2, 0.25) is 0 Å². The van der Waals surface area contributed by atoms with Gasteiger partial charge in [0.05, 0.1) is 0 Å². The Kier molecular flexibility index (Phi) is 9.54. The van der Waals surface area contributed by atoms with Crippen LogP contribution >= 0.6 is 0 Å². The molecular weight excluding hydrogens is 232 g/mol. The molecule has 114 valence electrons. The van der Waals surface area contributed by atoms with Crippen molar-refractivity contribution in [2.75, 3.05) is 26.2 Å². The molecule has 1 unspecified atom stereocenters. The number of nitrogens with one attached hydrogen (secondary N) is 1. The standard InChI is InChI=1S/C17H36N2/c1-4-5-6-7-9-12-19-13-10-8-11-17(19)15-18-14-16(2)3/h16-18H,4-15H2,1-3H3. The topological polar surface area (TPSA) is 15.3 Å². The first-order chi connectivity index (χ1) is 9.24. The minimum Gasteiger partial charge on any atom is -0.315 e. The van der Waals surface area contributed by atoms with Crippen molar-refractivity contribution >= 4 is 0 Å². The molecule has 19 heavy (non-hydrogen) atoms. The lowest BCUT2D eigenvalue weighted by atomic mass is 10.0. The first-order valence-electron chi connectivity index (χ1n) is 8.68. The smallest absolute Gasteiger partial charge is 0.0220 e. The molecule has 1 rings (SSSR count). The number of unbranched alkanes of at least 4 members (excludes halogenated alkanes) is 4. The summed E-state index contributed by atoms with van der Waals surface area (Å²) in [4.78, 5) is 2.75. The Labute approximate surface area is 121 Å². The van der Waals surface area contributed by atoms with E-state index in [0.29, 0.717) is 0 Å². The fourth-order valence-corrected chi connectivity index (χ4v) is 3.04. The molecule has 1 heterocycles. The number of hydrogen-bond acceptors (Lipinski definition) is 2. The molecule has 2 nitrogen and oxygen atoms in total. The van der Waals surface area contributed by atoms with Gasteiger partial charge < -0.3 is 5.32 Å². The molecule has 1 aliphatic heterocycles. The molecule has 0 aromatic carbocycles. The summed E-state index contributed by atoms with van der Waals surface area (Å²) in [6.07, 6.45) is 11.3. The van der Waals surface area contributed by atoms with E-state index in [4.69, 9.17) is 0 Å². The van der Waals surface area contributed by atoms with Crippen LogP contribution in [0.3, 0.4) is 0 Å². The van der Waals surface area contributed by atoms with Gasteiger partial charge in [0.25, 0.3) is 0 Å². The minimum atomic E-state index is 0.770. The fourth-order valence-electron chi connectivity index (χ4n) is 3.04. The van der Waals surface area contributed by atoms with E-state index in [0.717, 1.165) is 12.0 Å². The highest BCUT2D eigenvalue weighted by Gasteiger charge is 2.21. The SMILES string of the molecule is CCCCCCCN1CCCCC1CNCC(C)C. The molecule has 1 fully saturated rings. The van der Waals surface area contributed by atoms with E-state index in [2.05, 4.69) is 31.0 Å². The first kappa shape index (κ1) is 17.0. The molecule has 0 aliphatic carbocycles. The van der Waals surface area contributed by atoms with Crippen molar-refractivity contribution in [3.05, 3.63) is 0 Å². The van der Waals surface area contributed by atoms with Gasteiger partial charge in [0.15, 0.2) is 0 Å². The molecule has 0 bridgehead atoms. The van der Waals surface area contributed by atoms with E-state index < -0.39 is 0 Å². The maximum absolute atomic E-state index is 3.65. The molecular formula is C17H36N2. The predicted molar refractivity (Wildman–Crippen MR) is 85.7 cm³/mol. The van der Waals surface area contributed by atoms with Gasteiger partial charge in [0.2, 0.25) is 0 Å². The summed E-state index contributed by atoms with van der Waals surface area (Å²) < 4.78 is 0. The highest BCUT2D eigenvalue weighted by atomic mass is 15.2. The Hall–Kier alpha value is -0.0800. The molecule has 2 heteroatoms. The van der Waals surface area contributed by atoms with Crippen LogP contribution in [0.5, 0.6) is 0 Å². The second kappa shape index (κ2) is 10.7. The number of nitrogens with zero attached hydrogens (tertiary/aromatic N) is 1. The predicted octanol–water partition coefficient (Wildman–Crippen LogP) is 4.06. The van der Waals surface area contributed by atoms with Crippen LogP contribution in [-0.4, -0.2) is 37.1 Å². The third kappa shape index (κ3) is 7.94. The van der Waals surface area contributed by atoms with Crippen LogP contribution in [0.25, 0.3) is 0 Å². The van der Waals surface area contributed by atoms with Crippen LogP contribution in [-0.2, 0) is 0 Å². The van der Waals surface area contributed by atoms with Gasteiger partial charge in [-0.1, -0.05) is 52.9 Å².